The highest BCUT2D eigenvalue weighted by molar-refractivity contribution is 5.48. The van der Waals surface area contributed by atoms with Crippen LogP contribution in [-0.2, 0) is 24.2 Å². The zero-order valence-electron chi connectivity index (χ0n) is 14.0. The maximum Gasteiger partial charge on any atom is 0.231 e. The Hall–Kier alpha value is -2.05. The van der Waals surface area contributed by atoms with E-state index in [0.717, 1.165) is 43.0 Å². The molecule has 6 nitrogen and oxygen atoms in total. The van der Waals surface area contributed by atoms with Crippen molar-refractivity contribution >= 4 is 0 Å². The number of rotatable bonds is 6. The number of ether oxygens (including phenoxy) is 3. The second kappa shape index (κ2) is 6.83. The van der Waals surface area contributed by atoms with Gasteiger partial charge < -0.3 is 19.5 Å². The molecule has 0 spiro atoms. The standard InChI is InChI=1S/C18H23N3O3/c1-22-9-8-21-11-14-5-2-6-15(17(14)20-21)19-10-13-4-3-7-16-18(13)24-12-23-16/h3-4,7,11,15,19H,2,5-6,8-10,12H2,1H3/t15-/m1/s1. The lowest BCUT2D eigenvalue weighted by Gasteiger charge is -2.22. The highest BCUT2D eigenvalue weighted by Crippen LogP contribution is 2.36. The van der Waals surface area contributed by atoms with Gasteiger partial charge in [0.2, 0.25) is 6.79 Å². The number of nitrogens with zero attached hydrogens (tertiary/aromatic N) is 2. The Bertz CT molecular complexity index is 714. The van der Waals surface area contributed by atoms with Gasteiger partial charge in [0.25, 0.3) is 0 Å². The number of aryl methyl sites for hydroxylation is 1. The number of hydrogen-bond acceptors (Lipinski definition) is 5. The van der Waals surface area contributed by atoms with Crippen LogP contribution in [0.25, 0.3) is 0 Å². The summed E-state index contributed by atoms with van der Waals surface area (Å²) in [5, 5.41) is 8.42. The zero-order valence-corrected chi connectivity index (χ0v) is 14.0. The van der Waals surface area contributed by atoms with Crippen LogP contribution in [0.3, 0.4) is 0 Å². The molecule has 4 rings (SSSR count). The van der Waals surface area contributed by atoms with Gasteiger partial charge in [-0.15, -0.1) is 0 Å². The quantitative estimate of drug-likeness (QED) is 0.882. The average Bonchev–Trinajstić information content (AvgIpc) is 3.24. The number of methoxy groups -OCH3 is 1. The van der Waals surface area contributed by atoms with E-state index in [9.17, 15) is 0 Å². The SMILES string of the molecule is COCCn1cc2c(n1)[C@H](NCc1cccc3c1OCO3)CCC2. The Kier molecular flexibility index (Phi) is 4.40. The molecule has 0 fully saturated rings. The number of aromatic nitrogens is 2. The summed E-state index contributed by atoms with van der Waals surface area (Å²) in [6.45, 7) is 2.55. The second-order valence-corrected chi connectivity index (χ2v) is 6.27. The van der Waals surface area contributed by atoms with Gasteiger partial charge in [0, 0.05) is 25.4 Å². The predicted octanol–water partition coefficient (Wildman–Crippen LogP) is 2.43. The van der Waals surface area contributed by atoms with Crippen molar-refractivity contribution in [3.63, 3.8) is 0 Å². The minimum atomic E-state index is 0.288. The third-order valence-corrected chi connectivity index (χ3v) is 4.68. The Morgan fingerprint density at radius 1 is 1.38 bits per heavy atom. The van der Waals surface area contributed by atoms with E-state index in [0.29, 0.717) is 13.4 Å². The molecule has 0 radical (unpaired) electrons. The van der Waals surface area contributed by atoms with Gasteiger partial charge in [-0.25, -0.2) is 0 Å². The molecule has 0 saturated carbocycles. The first-order valence-electron chi connectivity index (χ1n) is 8.51. The van der Waals surface area contributed by atoms with Crippen LogP contribution in [0.4, 0.5) is 0 Å². The molecular weight excluding hydrogens is 306 g/mol. The molecule has 0 amide bonds. The van der Waals surface area contributed by atoms with E-state index in [2.05, 4.69) is 17.6 Å². The van der Waals surface area contributed by atoms with Gasteiger partial charge in [-0.1, -0.05) is 12.1 Å². The van der Waals surface area contributed by atoms with Gasteiger partial charge >= 0.3 is 0 Å². The van der Waals surface area contributed by atoms with Gasteiger partial charge in [0.15, 0.2) is 11.5 Å². The molecule has 24 heavy (non-hydrogen) atoms. The normalized spacial score (nSPS) is 18.6. The fourth-order valence-corrected chi connectivity index (χ4v) is 3.46. The zero-order chi connectivity index (χ0) is 16.4. The number of benzene rings is 1. The van der Waals surface area contributed by atoms with Gasteiger partial charge in [-0.05, 0) is 30.9 Å². The van der Waals surface area contributed by atoms with Crippen molar-refractivity contribution in [2.24, 2.45) is 0 Å². The highest BCUT2D eigenvalue weighted by Gasteiger charge is 2.24. The molecule has 1 aliphatic carbocycles. The molecule has 1 aliphatic heterocycles. The largest absolute Gasteiger partial charge is 0.454 e. The van der Waals surface area contributed by atoms with E-state index in [-0.39, 0.29) is 6.04 Å². The molecule has 6 heteroatoms. The van der Waals surface area contributed by atoms with Crippen LogP contribution in [0.2, 0.25) is 0 Å². The highest BCUT2D eigenvalue weighted by atomic mass is 16.7. The van der Waals surface area contributed by atoms with Crippen molar-refractivity contribution in [3.05, 3.63) is 41.2 Å². The molecule has 2 aromatic rings. The van der Waals surface area contributed by atoms with Gasteiger partial charge in [0.1, 0.15) is 0 Å². The second-order valence-electron chi connectivity index (χ2n) is 6.27. The molecule has 128 valence electrons. The molecule has 2 heterocycles. The summed E-state index contributed by atoms with van der Waals surface area (Å²) < 4.78 is 18.2. The van der Waals surface area contributed by atoms with Gasteiger partial charge in [-0.2, -0.15) is 5.10 Å². The van der Waals surface area contributed by atoms with E-state index < -0.39 is 0 Å². The fraction of sp³-hybridized carbons (Fsp3) is 0.500. The first-order valence-corrected chi connectivity index (χ1v) is 8.51. The van der Waals surface area contributed by atoms with Gasteiger partial charge in [-0.3, -0.25) is 4.68 Å². The average molecular weight is 329 g/mol. The molecule has 1 N–H and O–H groups in total. The predicted molar refractivity (Wildman–Crippen MR) is 89.2 cm³/mol. The van der Waals surface area contributed by atoms with Crippen LogP contribution in [0, 0.1) is 0 Å². The van der Waals surface area contributed by atoms with Crippen molar-refractivity contribution < 1.29 is 14.2 Å². The van der Waals surface area contributed by atoms with Crippen LogP contribution in [-0.4, -0.2) is 30.3 Å². The third kappa shape index (κ3) is 2.99. The summed E-state index contributed by atoms with van der Waals surface area (Å²) in [6.07, 6.45) is 5.57. The van der Waals surface area contributed by atoms with E-state index in [4.69, 9.17) is 19.3 Å². The third-order valence-electron chi connectivity index (χ3n) is 4.68. The molecule has 1 atom stereocenters. The molecule has 0 unspecified atom stereocenters. The minimum absolute atomic E-state index is 0.288. The summed E-state index contributed by atoms with van der Waals surface area (Å²) in [4.78, 5) is 0. The topological polar surface area (TPSA) is 57.5 Å². The Balaban J connectivity index is 1.47. The number of para-hydroxylation sites is 1. The molecule has 1 aromatic heterocycles. The van der Waals surface area contributed by atoms with Crippen molar-refractivity contribution in [2.75, 3.05) is 20.5 Å². The van der Waals surface area contributed by atoms with Crippen LogP contribution in [0.15, 0.2) is 24.4 Å². The van der Waals surface area contributed by atoms with Crippen molar-refractivity contribution in [1.29, 1.82) is 0 Å². The molecular formula is C18H23N3O3. The lowest BCUT2D eigenvalue weighted by atomic mass is 9.93. The Morgan fingerprint density at radius 2 is 2.33 bits per heavy atom. The lowest BCUT2D eigenvalue weighted by molar-refractivity contribution is 0.173. The number of fused-ring (bicyclic) bond motifs is 2. The molecule has 2 aliphatic rings. The summed E-state index contributed by atoms with van der Waals surface area (Å²) >= 11 is 0. The van der Waals surface area contributed by atoms with Gasteiger partial charge in [0.05, 0.1) is 24.9 Å². The summed E-state index contributed by atoms with van der Waals surface area (Å²) in [5.41, 5.74) is 3.67. The fourth-order valence-electron chi connectivity index (χ4n) is 3.46. The first kappa shape index (κ1) is 15.5. The van der Waals surface area contributed by atoms with E-state index >= 15 is 0 Å². The molecule has 1 aromatic carbocycles. The summed E-state index contributed by atoms with van der Waals surface area (Å²) in [6, 6.07) is 6.33. The maximum atomic E-state index is 5.59. The van der Waals surface area contributed by atoms with Crippen molar-refractivity contribution in [2.45, 2.75) is 38.4 Å². The maximum absolute atomic E-state index is 5.59. The number of hydrogen-bond donors (Lipinski definition) is 1. The summed E-state index contributed by atoms with van der Waals surface area (Å²) in [5.74, 6) is 1.70. The smallest absolute Gasteiger partial charge is 0.231 e. The summed E-state index contributed by atoms with van der Waals surface area (Å²) in [7, 11) is 1.72. The Labute approximate surface area is 141 Å². The lowest BCUT2D eigenvalue weighted by Crippen LogP contribution is -2.25. The Morgan fingerprint density at radius 3 is 3.25 bits per heavy atom. The first-order chi connectivity index (χ1) is 11.8. The monoisotopic (exact) mass is 329 g/mol. The molecule has 0 saturated heterocycles. The van der Waals surface area contributed by atoms with E-state index in [1.165, 1.54) is 17.7 Å². The van der Waals surface area contributed by atoms with Crippen LogP contribution in [0.5, 0.6) is 11.5 Å². The van der Waals surface area contributed by atoms with Crippen molar-refractivity contribution in [3.8, 4) is 11.5 Å². The number of nitrogens with one attached hydrogen (secondary N) is 1. The van der Waals surface area contributed by atoms with Crippen molar-refractivity contribution in [1.82, 2.24) is 15.1 Å². The van der Waals surface area contributed by atoms with Crippen LogP contribution >= 0.6 is 0 Å². The van der Waals surface area contributed by atoms with E-state index in [1.54, 1.807) is 7.11 Å². The van der Waals surface area contributed by atoms with Crippen LogP contribution < -0.4 is 14.8 Å². The molecule has 0 bridgehead atoms. The van der Waals surface area contributed by atoms with E-state index in [1.807, 2.05) is 16.8 Å². The van der Waals surface area contributed by atoms with Crippen LogP contribution in [0.1, 0.15) is 35.7 Å². The minimum Gasteiger partial charge on any atom is -0.454 e.